The fourth-order valence-corrected chi connectivity index (χ4v) is 5.19. The second kappa shape index (κ2) is 9.36. The third kappa shape index (κ3) is 4.90. The van der Waals surface area contributed by atoms with Crippen LogP contribution in [0.4, 0.5) is 4.79 Å². The molecule has 2 aliphatic rings. The van der Waals surface area contributed by atoms with E-state index in [0.29, 0.717) is 19.4 Å². The van der Waals surface area contributed by atoms with Gasteiger partial charge in [-0.2, -0.15) is 0 Å². The van der Waals surface area contributed by atoms with Crippen molar-refractivity contribution in [3.8, 4) is 11.1 Å². The number of aliphatic carboxylic acids is 1. The Balaban J connectivity index is 1.46. The summed E-state index contributed by atoms with van der Waals surface area (Å²) in [5, 5.41) is 12.4. The van der Waals surface area contributed by atoms with Gasteiger partial charge in [0.1, 0.15) is 12.6 Å². The van der Waals surface area contributed by atoms with Crippen LogP contribution in [0.2, 0.25) is 0 Å². The van der Waals surface area contributed by atoms with Gasteiger partial charge in [-0.15, -0.1) is 0 Å². The topological polar surface area (TPSA) is 95.9 Å². The molecule has 2 N–H and O–H groups in total. The number of rotatable bonds is 5. The Hall–Kier alpha value is -3.35. The summed E-state index contributed by atoms with van der Waals surface area (Å²) < 4.78 is 5.67. The van der Waals surface area contributed by atoms with E-state index in [-0.39, 0.29) is 25.0 Å². The molecule has 35 heavy (non-hydrogen) atoms. The first-order valence-corrected chi connectivity index (χ1v) is 12.1. The van der Waals surface area contributed by atoms with Gasteiger partial charge in [0.15, 0.2) is 0 Å². The molecule has 1 aliphatic carbocycles. The zero-order valence-corrected chi connectivity index (χ0v) is 20.8. The number of amides is 2. The molecule has 7 heteroatoms. The number of alkyl carbamates (subject to hydrolysis) is 1. The largest absolute Gasteiger partial charge is 0.481 e. The molecule has 0 radical (unpaired) electrons. The van der Waals surface area contributed by atoms with Crippen LogP contribution >= 0.6 is 0 Å². The average molecular weight is 479 g/mol. The highest BCUT2D eigenvalue weighted by Gasteiger charge is 2.43. The predicted molar refractivity (Wildman–Crippen MR) is 133 cm³/mol. The van der Waals surface area contributed by atoms with Crippen molar-refractivity contribution in [3.63, 3.8) is 0 Å². The molecule has 1 heterocycles. The molecule has 1 aliphatic heterocycles. The number of nitrogens with one attached hydrogen (secondary N) is 1. The van der Waals surface area contributed by atoms with Crippen LogP contribution < -0.4 is 5.32 Å². The highest BCUT2D eigenvalue weighted by Crippen LogP contribution is 2.44. The summed E-state index contributed by atoms with van der Waals surface area (Å²) >= 11 is 0. The van der Waals surface area contributed by atoms with Crippen LogP contribution in [0.5, 0.6) is 0 Å². The average Bonchev–Trinajstić information content (AvgIpc) is 3.14. The number of carbonyl (C=O) groups excluding carboxylic acids is 2. The number of carboxylic acid groups (broad SMARTS) is 1. The van der Waals surface area contributed by atoms with Crippen molar-refractivity contribution in [2.75, 3.05) is 19.7 Å². The van der Waals surface area contributed by atoms with Gasteiger partial charge >= 0.3 is 12.1 Å². The molecule has 4 rings (SSSR count). The molecular formula is C28H34N2O5. The minimum Gasteiger partial charge on any atom is -0.481 e. The summed E-state index contributed by atoms with van der Waals surface area (Å²) in [6.45, 7) is 8.05. The van der Waals surface area contributed by atoms with Crippen molar-refractivity contribution in [2.45, 2.75) is 52.5 Å². The summed E-state index contributed by atoms with van der Waals surface area (Å²) in [7, 11) is 0. The highest BCUT2D eigenvalue weighted by atomic mass is 16.5. The van der Waals surface area contributed by atoms with Crippen LogP contribution in [0, 0.1) is 10.8 Å². The van der Waals surface area contributed by atoms with Gasteiger partial charge < -0.3 is 20.1 Å². The van der Waals surface area contributed by atoms with E-state index in [9.17, 15) is 19.5 Å². The van der Waals surface area contributed by atoms with Crippen LogP contribution in [0.25, 0.3) is 11.1 Å². The highest BCUT2D eigenvalue weighted by molar-refractivity contribution is 5.87. The summed E-state index contributed by atoms with van der Waals surface area (Å²) in [6.07, 6.45) is 0.473. The fourth-order valence-electron chi connectivity index (χ4n) is 5.19. The van der Waals surface area contributed by atoms with E-state index in [1.165, 1.54) is 0 Å². The van der Waals surface area contributed by atoms with E-state index in [1.807, 2.05) is 45.0 Å². The Morgan fingerprint density at radius 3 is 2.20 bits per heavy atom. The molecule has 0 bridgehead atoms. The first-order chi connectivity index (χ1) is 16.5. The van der Waals surface area contributed by atoms with Crippen molar-refractivity contribution >= 4 is 18.0 Å². The van der Waals surface area contributed by atoms with Crippen LogP contribution in [0.1, 0.15) is 57.6 Å². The second-order valence-electron chi connectivity index (χ2n) is 11.0. The number of benzene rings is 2. The van der Waals surface area contributed by atoms with Gasteiger partial charge in [-0.3, -0.25) is 9.59 Å². The van der Waals surface area contributed by atoms with Crippen LogP contribution in [0.3, 0.4) is 0 Å². The Morgan fingerprint density at radius 2 is 1.66 bits per heavy atom. The predicted octanol–water partition coefficient (Wildman–Crippen LogP) is 4.65. The minimum absolute atomic E-state index is 0.0738. The van der Waals surface area contributed by atoms with E-state index < -0.39 is 28.9 Å². The van der Waals surface area contributed by atoms with Gasteiger partial charge in [0.2, 0.25) is 5.91 Å². The van der Waals surface area contributed by atoms with Gasteiger partial charge in [0.25, 0.3) is 0 Å². The number of hydrogen-bond donors (Lipinski definition) is 2. The van der Waals surface area contributed by atoms with Crippen LogP contribution in [0.15, 0.2) is 48.5 Å². The molecule has 0 aromatic heterocycles. The molecule has 1 unspecified atom stereocenters. The van der Waals surface area contributed by atoms with E-state index in [1.54, 1.807) is 11.8 Å². The first-order valence-electron chi connectivity index (χ1n) is 12.1. The molecule has 2 atom stereocenters. The maximum atomic E-state index is 13.4. The Morgan fingerprint density at radius 1 is 1.09 bits per heavy atom. The lowest BCUT2D eigenvalue weighted by Gasteiger charge is -2.41. The molecule has 1 fully saturated rings. The number of carboxylic acids is 1. The molecular weight excluding hydrogens is 444 g/mol. The lowest BCUT2D eigenvalue weighted by molar-refractivity contribution is -0.154. The maximum absolute atomic E-state index is 13.4. The zero-order chi connectivity index (χ0) is 25.4. The first kappa shape index (κ1) is 24.8. The summed E-state index contributed by atoms with van der Waals surface area (Å²) in [5.41, 5.74) is 2.95. The van der Waals surface area contributed by atoms with Crippen molar-refractivity contribution < 1.29 is 24.2 Å². The summed E-state index contributed by atoms with van der Waals surface area (Å²) in [5.74, 6) is -1.26. The minimum atomic E-state index is -0.986. The molecule has 0 spiro atoms. The fraction of sp³-hybridized carbons (Fsp3) is 0.464. The number of carbonyl (C=O) groups is 3. The van der Waals surface area contributed by atoms with E-state index in [2.05, 4.69) is 29.6 Å². The van der Waals surface area contributed by atoms with Gasteiger partial charge in [-0.1, -0.05) is 69.3 Å². The SMILES string of the molecule is CC1(C(=O)O)CCCN(C(=O)[C@@H](NC(=O)OCC2c3ccccc3-c3ccccc32)C(C)(C)C)C1. The smallest absolute Gasteiger partial charge is 0.407 e. The number of ether oxygens (including phenoxy) is 1. The van der Waals surface area contributed by atoms with Crippen molar-refractivity contribution in [3.05, 3.63) is 59.7 Å². The van der Waals surface area contributed by atoms with Crippen molar-refractivity contribution in [1.29, 1.82) is 0 Å². The quantitative estimate of drug-likeness (QED) is 0.652. The molecule has 1 saturated heterocycles. The Labute approximate surface area is 206 Å². The number of piperidine rings is 1. The van der Waals surface area contributed by atoms with Crippen LogP contribution in [-0.2, 0) is 14.3 Å². The van der Waals surface area contributed by atoms with Crippen LogP contribution in [-0.4, -0.2) is 53.7 Å². The Bertz CT molecular complexity index is 1090. The van der Waals surface area contributed by atoms with Crippen molar-refractivity contribution in [1.82, 2.24) is 10.2 Å². The van der Waals surface area contributed by atoms with E-state index in [4.69, 9.17) is 4.74 Å². The summed E-state index contributed by atoms with van der Waals surface area (Å²) in [4.78, 5) is 39.7. The lowest BCUT2D eigenvalue weighted by Crippen LogP contribution is -2.58. The number of likely N-dealkylation sites (tertiary alicyclic amines) is 1. The molecule has 0 saturated carbocycles. The molecule has 7 nitrogen and oxygen atoms in total. The molecule has 186 valence electrons. The van der Waals surface area contributed by atoms with Gasteiger partial charge in [-0.25, -0.2) is 4.79 Å². The second-order valence-corrected chi connectivity index (χ2v) is 11.0. The molecule has 2 aromatic rings. The standard InChI is InChI=1S/C28H34N2O5/c1-27(2,3)23(24(31)30-15-9-14-28(4,17-30)25(32)33)29-26(34)35-16-22-20-12-7-5-10-18(20)19-11-6-8-13-21(19)22/h5-8,10-13,22-23H,9,14-17H2,1-4H3,(H,29,34)(H,32,33)/t23-,28?/m1/s1. The van der Waals surface area contributed by atoms with Gasteiger partial charge in [-0.05, 0) is 47.4 Å². The third-order valence-corrected chi connectivity index (χ3v) is 7.24. The normalized spacial score (nSPS) is 20.5. The molecule has 2 aromatic carbocycles. The van der Waals surface area contributed by atoms with E-state index in [0.717, 1.165) is 22.3 Å². The lowest BCUT2D eigenvalue weighted by atomic mass is 9.80. The Kier molecular flexibility index (Phi) is 6.62. The number of hydrogen-bond acceptors (Lipinski definition) is 4. The molecule has 2 amide bonds. The number of nitrogens with zero attached hydrogens (tertiary/aromatic N) is 1. The van der Waals surface area contributed by atoms with Crippen molar-refractivity contribution in [2.24, 2.45) is 10.8 Å². The zero-order valence-electron chi connectivity index (χ0n) is 20.8. The number of fused-ring (bicyclic) bond motifs is 3. The van der Waals surface area contributed by atoms with Gasteiger partial charge in [0.05, 0.1) is 5.41 Å². The third-order valence-electron chi connectivity index (χ3n) is 7.24. The summed E-state index contributed by atoms with van der Waals surface area (Å²) in [6, 6.07) is 15.4. The van der Waals surface area contributed by atoms with Gasteiger partial charge in [0, 0.05) is 19.0 Å². The maximum Gasteiger partial charge on any atom is 0.407 e. The monoisotopic (exact) mass is 478 g/mol. The van der Waals surface area contributed by atoms with E-state index >= 15 is 0 Å².